The van der Waals surface area contributed by atoms with Crippen LogP contribution >= 0.6 is 0 Å². The van der Waals surface area contributed by atoms with Crippen LogP contribution in [0.25, 0.3) is 44.4 Å². The van der Waals surface area contributed by atoms with E-state index in [0.29, 0.717) is 41.9 Å². The van der Waals surface area contributed by atoms with Crippen LogP contribution in [0, 0.1) is 13.8 Å². The van der Waals surface area contributed by atoms with E-state index in [1.165, 1.54) is 0 Å². The lowest BCUT2D eigenvalue weighted by Crippen LogP contribution is -2.02. The summed E-state index contributed by atoms with van der Waals surface area (Å²) in [6, 6.07) is 7.75. The maximum Gasteiger partial charge on any atom is 0.303 e. The first-order valence-corrected chi connectivity index (χ1v) is 14.9. The highest BCUT2D eigenvalue weighted by Gasteiger charge is 2.23. The van der Waals surface area contributed by atoms with Crippen molar-refractivity contribution in [3.05, 3.63) is 69.3 Å². The summed E-state index contributed by atoms with van der Waals surface area (Å²) in [5.41, 5.74) is 12.8. The Morgan fingerprint density at radius 2 is 1.39 bits per heavy atom. The number of aliphatic carboxylic acids is 1. The number of aliphatic hydroxyl groups excluding tert-OH is 2. The quantitative estimate of drug-likeness (QED) is 0.0918. The van der Waals surface area contributed by atoms with E-state index in [1.807, 2.05) is 52.0 Å². The van der Waals surface area contributed by atoms with Crippen molar-refractivity contribution in [1.82, 2.24) is 19.9 Å². The van der Waals surface area contributed by atoms with Crippen LogP contribution in [0.2, 0.25) is 0 Å². The van der Waals surface area contributed by atoms with E-state index in [0.717, 1.165) is 66.8 Å². The molecule has 10 heteroatoms. The third kappa shape index (κ3) is 5.86. The van der Waals surface area contributed by atoms with Gasteiger partial charge in [-0.05, 0) is 118 Å². The Bertz CT molecular complexity index is 1860. The van der Waals surface area contributed by atoms with Crippen LogP contribution in [-0.4, -0.2) is 59.2 Å². The second kappa shape index (κ2) is 12.5. The molecule has 0 saturated heterocycles. The fourth-order valence-corrected chi connectivity index (χ4v) is 6.40. The Morgan fingerprint density at radius 3 is 2.05 bits per heavy atom. The van der Waals surface area contributed by atoms with Crippen LogP contribution in [0.1, 0.15) is 98.1 Å². The molecule has 0 saturated carbocycles. The molecular weight excluding hydrogens is 560 g/mol. The first-order chi connectivity index (χ1) is 20.9. The molecule has 8 bridgehead atoms. The summed E-state index contributed by atoms with van der Waals surface area (Å²) in [5.74, 6) is -0.886. The number of nitrogens with one attached hydrogen (secondary N) is 2. The molecule has 2 aliphatic heterocycles. The number of carbonyl (C=O) groups is 1. The minimum atomic E-state index is -0.886. The molecule has 0 spiro atoms. The number of allylic oxidation sites excluding steroid dienone is 3. The molecule has 0 fully saturated rings. The molecule has 5 heterocycles. The number of carboxylic acids is 1. The summed E-state index contributed by atoms with van der Waals surface area (Å²) in [7, 11) is 0. The summed E-state index contributed by atoms with van der Waals surface area (Å²) in [6.07, 6.45) is -0.0347. The van der Waals surface area contributed by atoms with Gasteiger partial charge in [0, 0.05) is 39.6 Å². The maximum absolute atomic E-state index is 11.6. The molecule has 232 valence electrons. The van der Waals surface area contributed by atoms with E-state index in [2.05, 4.69) is 14.9 Å². The van der Waals surface area contributed by atoms with E-state index in [1.54, 1.807) is 13.8 Å². The molecule has 0 aromatic carbocycles. The van der Waals surface area contributed by atoms with Gasteiger partial charge in [0.15, 0.2) is 0 Å². The van der Waals surface area contributed by atoms with Crippen molar-refractivity contribution in [2.45, 2.75) is 79.4 Å². The topological polar surface area (TPSA) is 165 Å². The zero-order valence-corrected chi connectivity index (χ0v) is 26.0. The monoisotopic (exact) mass is 600 g/mol. The van der Waals surface area contributed by atoms with Crippen molar-refractivity contribution in [3.63, 3.8) is 0 Å². The molecule has 0 aliphatic carbocycles. The molecular formula is C34H40N4O6. The highest BCUT2D eigenvalue weighted by atomic mass is 17.1. The average molecular weight is 601 g/mol. The Hall–Kier alpha value is -4.09. The number of nitrogens with zero attached hydrogens (tertiary/aromatic N) is 2. The fourth-order valence-electron chi connectivity index (χ4n) is 6.40. The third-order valence-corrected chi connectivity index (χ3v) is 8.72. The average Bonchev–Trinajstić information content (AvgIpc) is 3.61. The van der Waals surface area contributed by atoms with Crippen molar-refractivity contribution in [2.75, 3.05) is 6.61 Å². The number of aromatic nitrogens is 4. The molecule has 0 amide bonds. The first kappa shape index (κ1) is 31.3. The first-order valence-electron chi connectivity index (χ1n) is 14.9. The van der Waals surface area contributed by atoms with Crippen molar-refractivity contribution in [2.24, 2.45) is 0 Å². The number of aromatic amines is 2. The van der Waals surface area contributed by atoms with Gasteiger partial charge in [0.1, 0.15) is 0 Å². The highest BCUT2D eigenvalue weighted by Crippen LogP contribution is 2.37. The lowest BCUT2D eigenvalue weighted by molar-refractivity contribution is -0.242. The van der Waals surface area contributed by atoms with Gasteiger partial charge in [-0.1, -0.05) is 0 Å². The van der Waals surface area contributed by atoms with Crippen LogP contribution in [0.4, 0.5) is 0 Å². The Labute approximate surface area is 255 Å². The van der Waals surface area contributed by atoms with Gasteiger partial charge in [0.25, 0.3) is 0 Å². The maximum atomic E-state index is 11.6. The van der Waals surface area contributed by atoms with Gasteiger partial charge in [0.05, 0.1) is 41.6 Å². The van der Waals surface area contributed by atoms with Crippen molar-refractivity contribution >= 4 is 50.3 Å². The van der Waals surface area contributed by atoms with Crippen molar-refractivity contribution in [3.8, 4) is 0 Å². The predicted molar refractivity (Wildman–Crippen MR) is 172 cm³/mol. The molecule has 5 rings (SSSR count). The molecule has 3 aromatic rings. The Kier molecular flexibility index (Phi) is 8.90. The third-order valence-electron chi connectivity index (χ3n) is 8.72. The van der Waals surface area contributed by atoms with E-state index >= 15 is 0 Å². The van der Waals surface area contributed by atoms with Gasteiger partial charge in [-0.15, -0.1) is 0 Å². The normalized spacial score (nSPS) is 14.8. The number of carboxylic acid groups (broad SMARTS) is 1. The van der Waals surface area contributed by atoms with Crippen LogP contribution in [0.3, 0.4) is 0 Å². The lowest BCUT2D eigenvalue weighted by Gasteiger charge is -2.07. The number of hydrogen-bond donors (Lipinski definition) is 6. The number of fused-ring (bicyclic) bond motifs is 8. The van der Waals surface area contributed by atoms with Gasteiger partial charge in [-0.3, -0.25) is 10.1 Å². The summed E-state index contributed by atoms with van der Waals surface area (Å²) >= 11 is 0. The summed E-state index contributed by atoms with van der Waals surface area (Å²) in [5, 5.41) is 40.0. The Morgan fingerprint density at radius 1 is 0.795 bits per heavy atom. The van der Waals surface area contributed by atoms with Crippen LogP contribution in [-0.2, 0) is 16.1 Å². The van der Waals surface area contributed by atoms with E-state index in [-0.39, 0.29) is 13.0 Å². The summed E-state index contributed by atoms with van der Waals surface area (Å²) in [6.45, 7) is 11.5. The fraction of sp³-hybridized carbons (Fsp3) is 0.382. The van der Waals surface area contributed by atoms with E-state index in [9.17, 15) is 20.1 Å². The molecule has 0 radical (unpaired) electrons. The number of aryl methyl sites for hydroxylation is 3. The largest absolute Gasteiger partial charge is 0.481 e. The van der Waals surface area contributed by atoms with Gasteiger partial charge >= 0.3 is 5.97 Å². The summed E-state index contributed by atoms with van der Waals surface area (Å²) in [4.78, 5) is 32.9. The van der Waals surface area contributed by atoms with E-state index < -0.39 is 18.2 Å². The molecule has 6 N–H and O–H groups in total. The smallest absolute Gasteiger partial charge is 0.303 e. The minimum Gasteiger partial charge on any atom is -0.481 e. The van der Waals surface area contributed by atoms with Crippen LogP contribution in [0.5, 0.6) is 0 Å². The van der Waals surface area contributed by atoms with Gasteiger partial charge in [-0.25, -0.2) is 14.9 Å². The second-order valence-electron chi connectivity index (χ2n) is 11.7. The van der Waals surface area contributed by atoms with E-state index in [4.69, 9.17) is 15.2 Å². The molecule has 2 aliphatic rings. The second-order valence-corrected chi connectivity index (χ2v) is 11.7. The van der Waals surface area contributed by atoms with Crippen LogP contribution < -0.4 is 0 Å². The van der Waals surface area contributed by atoms with Crippen molar-refractivity contribution in [1.29, 1.82) is 0 Å². The van der Waals surface area contributed by atoms with Gasteiger partial charge in [-0.2, -0.15) is 0 Å². The van der Waals surface area contributed by atoms with Crippen LogP contribution in [0.15, 0.2) is 24.3 Å². The molecule has 10 nitrogen and oxygen atoms in total. The molecule has 44 heavy (non-hydrogen) atoms. The zero-order chi connectivity index (χ0) is 31.9. The highest BCUT2D eigenvalue weighted by molar-refractivity contribution is 5.96. The van der Waals surface area contributed by atoms with Gasteiger partial charge in [0.2, 0.25) is 0 Å². The number of rotatable bonds is 9. The summed E-state index contributed by atoms with van der Waals surface area (Å²) < 4.78 is 0. The standard InChI is InChI=1S/C34H40N4O6/c1-16-22(8-7-11-44-43)28-15-29-23(9-10-32(41)42)17(2)25(36-29)13-30-34(21(6)40)19(4)27(38-30)14-31-33(20(5)39)18(3)26(37-31)12-24(16)35-28/h12-15,20-21,35,38-40,43H,7-11H2,1-6H3,(H,41,42). The SMILES string of the molecule is CC1=C(CCC(=O)O)c2cc3[nH]c(cc4nc(cc5[nH]c(cc1n2)c(C(C)O)c5C)C(C(C)O)=C4C)c(C)c3CCCOO. The zero-order valence-electron chi connectivity index (χ0n) is 26.0. The lowest BCUT2D eigenvalue weighted by atomic mass is 9.99. The van der Waals surface area contributed by atoms with Gasteiger partial charge < -0.3 is 25.3 Å². The Balaban J connectivity index is 1.94. The number of H-pyrrole nitrogens is 2. The molecule has 2 atom stereocenters. The molecule has 2 unspecified atom stereocenters. The minimum absolute atomic E-state index is 0.0361. The number of aliphatic hydroxyl groups is 2. The number of hydrogen-bond acceptors (Lipinski definition) is 7. The predicted octanol–water partition coefficient (Wildman–Crippen LogP) is 6.51. The van der Waals surface area contributed by atoms with Crippen molar-refractivity contribution < 1.29 is 30.3 Å². The molecule has 3 aromatic heterocycles.